The van der Waals surface area contributed by atoms with E-state index in [1.54, 1.807) is 20.2 Å². The standard InChI is InChI=1S/C40H48ClN5O7S/c1-45-20-30(38(42-45)51-3)37(48)44-54(49)21-27-17-39(18-34(27)50-2)13-14-52-35(39)29-9-6-26(29)19-46-22-40(12-4-5-24-15-28(41)8-10-31(24)40)23-53-33-11-7-25(16-32(33)46)36(47)43-54/h7-8,10-11,15-16,20,26-27,29,34-35H,4-6,9,12-14,17-19,21-23H2,1-3H3,(H,43,44,47,48,49)/t26-,27+,29+,34-,35+,39-,40-,54?/m0/s1. The molecule has 9 rings (SSSR count). The van der Waals surface area contributed by atoms with Crippen LogP contribution in [0.3, 0.4) is 0 Å². The second-order valence-corrected chi connectivity index (χ2v) is 18.9. The second kappa shape index (κ2) is 13.5. The molecular weight excluding hydrogens is 730 g/mol. The molecular formula is C40H48ClN5O7S. The summed E-state index contributed by atoms with van der Waals surface area (Å²) in [5.74, 6) is -0.0852. The van der Waals surface area contributed by atoms with Crippen molar-refractivity contribution in [3.05, 3.63) is 69.9 Å². The van der Waals surface area contributed by atoms with Crippen LogP contribution in [0.4, 0.5) is 5.69 Å². The Hall–Kier alpha value is -3.65. The number of carbonyl (C=O) groups is 2. The van der Waals surface area contributed by atoms with Gasteiger partial charge in [-0.15, -0.1) is 9.46 Å². The number of rotatable bonds is 4. The maximum atomic E-state index is 15.1. The van der Waals surface area contributed by atoms with Crippen LogP contribution in [0.25, 0.3) is 0 Å². The first-order chi connectivity index (χ1) is 26.0. The topological polar surface area (TPSA) is 134 Å². The average molecular weight is 778 g/mol. The summed E-state index contributed by atoms with van der Waals surface area (Å²) >= 11 is 6.50. The monoisotopic (exact) mass is 777 g/mol. The summed E-state index contributed by atoms with van der Waals surface area (Å²) in [6.45, 7) is 2.69. The zero-order valence-corrected chi connectivity index (χ0v) is 32.6. The molecule has 3 aliphatic carbocycles. The number of amides is 2. The first-order valence-electron chi connectivity index (χ1n) is 19.1. The van der Waals surface area contributed by atoms with Gasteiger partial charge in [0.2, 0.25) is 5.88 Å². The van der Waals surface area contributed by atoms with Gasteiger partial charge in [-0.2, -0.15) is 0 Å². The van der Waals surface area contributed by atoms with Gasteiger partial charge in [-0.05, 0) is 111 Å². The average Bonchev–Trinajstić information content (AvgIpc) is 3.80. The highest BCUT2D eigenvalue weighted by Gasteiger charge is 2.58. The minimum atomic E-state index is -3.69. The molecule has 3 aliphatic heterocycles. The molecule has 54 heavy (non-hydrogen) atoms. The number of halogens is 1. The van der Waals surface area contributed by atoms with Crippen molar-refractivity contribution >= 4 is 39.0 Å². The maximum absolute atomic E-state index is 15.1. The molecule has 4 heterocycles. The van der Waals surface area contributed by atoms with Gasteiger partial charge in [0.1, 0.15) is 21.2 Å². The second-order valence-electron chi connectivity index (χ2n) is 16.5. The highest BCUT2D eigenvalue weighted by atomic mass is 35.5. The Kier molecular flexibility index (Phi) is 9.02. The molecule has 1 N–H and O–H groups in total. The number of aryl methyl sites for hydroxylation is 2. The van der Waals surface area contributed by atoms with Crippen LogP contribution in [0.15, 0.2) is 47.0 Å². The molecule has 4 bridgehead atoms. The van der Waals surface area contributed by atoms with E-state index in [4.69, 9.17) is 30.5 Å². The fraction of sp³-hybridized carbons (Fsp3) is 0.575. The Morgan fingerprint density at radius 2 is 1.98 bits per heavy atom. The molecule has 8 atom stereocenters. The van der Waals surface area contributed by atoms with Gasteiger partial charge in [0.05, 0.1) is 37.4 Å². The lowest BCUT2D eigenvalue weighted by Crippen LogP contribution is -2.51. The third-order valence-electron chi connectivity index (χ3n) is 13.4. The number of benzene rings is 2. The van der Waals surface area contributed by atoms with Crippen molar-refractivity contribution in [2.45, 2.75) is 69.0 Å². The van der Waals surface area contributed by atoms with Gasteiger partial charge in [-0.1, -0.05) is 17.7 Å². The third-order valence-corrected chi connectivity index (χ3v) is 15.4. The van der Waals surface area contributed by atoms with Gasteiger partial charge in [-0.25, -0.2) is 4.21 Å². The predicted octanol–water partition coefficient (Wildman–Crippen LogP) is 5.75. The molecule has 2 amide bonds. The lowest BCUT2D eigenvalue weighted by Gasteiger charge is -2.48. The van der Waals surface area contributed by atoms with Crippen LogP contribution in [0.5, 0.6) is 11.6 Å². The molecule has 0 radical (unpaired) electrons. The highest BCUT2D eigenvalue weighted by Crippen LogP contribution is 2.58. The molecule has 2 saturated carbocycles. The zero-order chi connectivity index (χ0) is 37.4. The summed E-state index contributed by atoms with van der Waals surface area (Å²) in [6.07, 6.45) is 8.81. The number of anilines is 1. The van der Waals surface area contributed by atoms with Crippen LogP contribution >= 0.6 is 11.6 Å². The van der Waals surface area contributed by atoms with Gasteiger partial charge in [0.25, 0.3) is 11.8 Å². The number of ether oxygens (including phenoxy) is 4. The minimum Gasteiger partial charge on any atom is -0.490 e. The summed E-state index contributed by atoms with van der Waals surface area (Å²) in [7, 11) is 1.09. The van der Waals surface area contributed by atoms with Gasteiger partial charge < -0.3 is 23.8 Å². The molecule has 3 aromatic rings. The molecule has 6 aliphatic rings. The number of carbonyl (C=O) groups excluding carboxylic acids is 2. The van der Waals surface area contributed by atoms with E-state index in [0.717, 1.165) is 68.7 Å². The van der Waals surface area contributed by atoms with E-state index < -0.39 is 21.7 Å². The first kappa shape index (κ1) is 36.0. The minimum absolute atomic E-state index is 0.0356. The van der Waals surface area contributed by atoms with Crippen LogP contribution in [0.1, 0.15) is 76.8 Å². The van der Waals surface area contributed by atoms with E-state index in [1.807, 2.05) is 18.2 Å². The quantitative estimate of drug-likeness (QED) is 0.352. The highest BCUT2D eigenvalue weighted by molar-refractivity contribution is 7.92. The van der Waals surface area contributed by atoms with Gasteiger partial charge in [-0.3, -0.25) is 19.0 Å². The Morgan fingerprint density at radius 3 is 2.78 bits per heavy atom. The lowest BCUT2D eigenvalue weighted by atomic mass is 9.62. The van der Waals surface area contributed by atoms with E-state index >= 15 is 4.21 Å². The van der Waals surface area contributed by atoms with E-state index in [0.29, 0.717) is 37.2 Å². The molecule has 1 saturated heterocycles. The van der Waals surface area contributed by atoms with E-state index in [-0.39, 0.29) is 51.7 Å². The largest absolute Gasteiger partial charge is 0.490 e. The zero-order valence-electron chi connectivity index (χ0n) is 31.1. The van der Waals surface area contributed by atoms with Crippen LogP contribution < -0.4 is 19.1 Å². The Bertz CT molecular complexity index is 2130. The number of hydrogen-bond donors (Lipinski definition) is 1. The summed E-state index contributed by atoms with van der Waals surface area (Å²) in [6, 6.07) is 11.6. The van der Waals surface area contributed by atoms with Crippen molar-refractivity contribution in [1.82, 2.24) is 14.5 Å². The lowest BCUT2D eigenvalue weighted by molar-refractivity contribution is -0.0572. The molecule has 288 valence electrons. The Morgan fingerprint density at radius 1 is 1.11 bits per heavy atom. The van der Waals surface area contributed by atoms with Gasteiger partial charge in [0.15, 0.2) is 0 Å². The van der Waals surface area contributed by atoms with Crippen LogP contribution in [-0.2, 0) is 38.3 Å². The van der Waals surface area contributed by atoms with Crippen molar-refractivity contribution in [3.63, 3.8) is 0 Å². The summed E-state index contributed by atoms with van der Waals surface area (Å²) in [4.78, 5) is 30.5. The molecule has 2 spiro atoms. The molecule has 3 fully saturated rings. The summed E-state index contributed by atoms with van der Waals surface area (Å²) in [5.41, 5.74) is 3.32. The van der Waals surface area contributed by atoms with Crippen LogP contribution in [-0.4, -0.2) is 84.3 Å². The number of aromatic nitrogens is 2. The van der Waals surface area contributed by atoms with Crippen molar-refractivity contribution in [2.75, 3.05) is 51.2 Å². The summed E-state index contributed by atoms with van der Waals surface area (Å²) in [5, 5.41) is 4.94. The summed E-state index contributed by atoms with van der Waals surface area (Å²) < 4.78 is 48.5. The van der Waals surface area contributed by atoms with Crippen molar-refractivity contribution in [3.8, 4) is 11.6 Å². The van der Waals surface area contributed by atoms with E-state index in [2.05, 4.69) is 31.2 Å². The normalized spacial score (nSPS) is 34.2. The number of nitrogens with zero attached hydrogens (tertiary/aromatic N) is 4. The fourth-order valence-electron chi connectivity index (χ4n) is 10.8. The molecule has 1 unspecified atom stereocenters. The van der Waals surface area contributed by atoms with Crippen LogP contribution in [0.2, 0.25) is 5.02 Å². The molecule has 1 aromatic heterocycles. The number of nitrogens with one attached hydrogen (secondary N) is 1. The molecule has 2 aromatic carbocycles. The SMILES string of the molecule is COc1nn(C)cc1C(=O)NS1(=O)=NC(=O)c2ccc3c(c2)N(C[C@@H]2CC[C@H]2[C@H]2OCC[C@@]24C[C@H](C1)[C@@H](OC)C4)C[C@@]1(CCCc2cc(Cl)ccc21)CO3. The third kappa shape index (κ3) is 6.10. The predicted molar refractivity (Wildman–Crippen MR) is 204 cm³/mol. The molecule has 12 nitrogen and oxygen atoms in total. The molecule has 14 heteroatoms. The van der Waals surface area contributed by atoms with Gasteiger partial charge >= 0.3 is 0 Å². The van der Waals surface area contributed by atoms with Crippen molar-refractivity contribution < 1.29 is 32.7 Å². The first-order valence-corrected chi connectivity index (χ1v) is 21.2. The number of fused-ring (bicyclic) bond motifs is 6. The van der Waals surface area contributed by atoms with Crippen LogP contribution in [0, 0.1) is 23.2 Å². The van der Waals surface area contributed by atoms with E-state index in [1.165, 1.54) is 29.1 Å². The fourth-order valence-corrected chi connectivity index (χ4v) is 12.9. The van der Waals surface area contributed by atoms with E-state index in [9.17, 15) is 9.59 Å². The van der Waals surface area contributed by atoms with Crippen molar-refractivity contribution in [2.24, 2.45) is 34.6 Å². The number of hydrogen-bond acceptors (Lipinski definition) is 9. The smallest absolute Gasteiger partial charge is 0.286 e. The number of methoxy groups -OCH3 is 2. The van der Waals surface area contributed by atoms with Gasteiger partial charge in [0, 0.05) is 61.5 Å². The maximum Gasteiger partial charge on any atom is 0.286 e. The van der Waals surface area contributed by atoms with Crippen molar-refractivity contribution in [1.29, 1.82) is 0 Å². The Balaban J connectivity index is 1.16. The Labute approximate surface area is 321 Å².